The number of ether oxygens (including phenoxy) is 1. The molecule has 1 aliphatic heterocycles. The Morgan fingerprint density at radius 1 is 1.26 bits per heavy atom. The molecule has 0 radical (unpaired) electrons. The van der Waals surface area contributed by atoms with Crippen LogP contribution in [0, 0.1) is 0 Å². The molecule has 2 heterocycles. The summed E-state index contributed by atoms with van der Waals surface area (Å²) >= 11 is 3.36. The van der Waals surface area contributed by atoms with Crippen molar-refractivity contribution in [2.24, 2.45) is 0 Å². The Morgan fingerprint density at radius 3 is 2.35 bits per heavy atom. The van der Waals surface area contributed by atoms with Gasteiger partial charge in [-0.2, -0.15) is 0 Å². The highest BCUT2D eigenvalue weighted by Gasteiger charge is 2.27. The molecule has 126 valence electrons. The molecule has 1 N–H and O–H groups in total. The number of hydrogen-bond acceptors (Lipinski definition) is 5. The Kier molecular flexibility index (Phi) is 5.13. The number of aromatic carboxylic acids is 1. The van der Waals surface area contributed by atoms with Crippen LogP contribution in [0.15, 0.2) is 16.7 Å². The molecule has 0 bridgehead atoms. The van der Waals surface area contributed by atoms with Gasteiger partial charge in [0.2, 0.25) is 0 Å². The molecule has 0 unspecified atom stereocenters. The van der Waals surface area contributed by atoms with Crippen molar-refractivity contribution < 1.29 is 19.4 Å². The van der Waals surface area contributed by atoms with E-state index in [4.69, 9.17) is 9.84 Å². The topological polar surface area (TPSA) is 83.0 Å². The van der Waals surface area contributed by atoms with Crippen LogP contribution in [-0.4, -0.2) is 58.8 Å². The van der Waals surface area contributed by atoms with Gasteiger partial charge < -0.3 is 19.6 Å². The average molecular weight is 386 g/mol. The summed E-state index contributed by atoms with van der Waals surface area (Å²) in [6.07, 6.45) is 1.02. The van der Waals surface area contributed by atoms with Crippen LogP contribution in [0.4, 0.5) is 10.6 Å². The second-order valence-electron chi connectivity index (χ2n) is 6.29. The number of carbonyl (C=O) groups excluding carboxylic acids is 1. The number of pyridine rings is 1. The first-order valence-corrected chi connectivity index (χ1v) is 8.08. The van der Waals surface area contributed by atoms with Gasteiger partial charge in [-0.05, 0) is 42.8 Å². The molecule has 8 heteroatoms. The third-order valence-corrected chi connectivity index (χ3v) is 3.88. The monoisotopic (exact) mass is 385 g/mol. The summed E-state index contributed by atoms with van der Waals surface area (Å²) in [5, 5.41) is 8.97. The number of piperazine rings is 1. The maximum atomic E-state index is 12.0. The molecular weight excluding hydrogens is 366 g/mol. The Hall–Kier alpha value is -1.83. The maximum absolute atomic E-state index is 12.0. The van der Waals surface area contributed by atoms with E-state index >= 15 is 0 Å². The van der Waals surface area contributed by atoms with Crippen molar-refractivity contribution in [3.8, 4) is 0 Å². The van der Waals surface area contributed by atoms with E-state index in [1.165, 1.54) is 12.3 Å². The van der Waals surface area contributed by atoms with Crippen molar-refractivity contribution >= 4 is 33.8 Å². The quantitative estimate of drug-likeness (QED) is 0.842. The zero-order valence-corrected chi connectivity index (χ0v) is 15.0. The molecular formula is C15H20BrN3O4. The number of anilines is 1. The summed E-state index contributed by atoms with van der Waals surface area (Å²) in [5.74, 6) is -0.335. The normalized spacial score (nSPS) is 15.5. The van der Waals surface area contributed by atoms with Gasteiger partial charge in [-0.15, -0.1) is 0 Å². The van der Waals surface area contributed by atoms with E-state index in [0.717, 1.165) is 0 Å². The number of carbonyl (C=O) groups is 2. The highest BCUT2D eigenvalue weighted by Crippen LogP contribution is 2.26. The summed E-state index contributed by atoms with van der Waals surface area (Å²) in [6.45, 7) is 7.80. The summed E-state index contributed by atoms with van der Waals surface area (Å²) in [6, 6.07) is 1.53. The summed E-state index contributed by atoms with van der Waals surface area (Å²) < 4.78 is 5.99. The van der Waals surface area contributed by atoms with Crippen LogP contribution in [0.5, 0.6) is 0 Å². The number of carboxylic acid groups (broad SMARTS) is 1. The fourth-order valence-corrected chi connectivity index (χ4v) is 2.81. The molecule has 1 aliphatic rings. The molecule has 2 rings (SSSR count). The molecule has 1 aromatic heterocycles. The lowest BCUT2D eigenvalue weighted by Crippen LogP contribution is -2.50. The van der Waals surface area contributed by atoms with E-state index < -0.39 is 11.6 Å². The first-order chi connectivity index (χ1) is 10.7. The van der Waals surface area contributed by atoms with Crippen LogP contribution in [0.2, 0.25) is 0 Å². The van der Waals surface area contributed by atoms with Crippen molar-refractivity contribution in [1.82, 2.24) is 9.88 Å². The fraction of sp³-hybridized carbons (Fsp3) is 0.533. The third-order valence-electron chi connectivity index (χ3n) is 3.30. The molecule has 0 saturated carbocycles. The van der Waals surface area contributed by atoms with Crippen LogP contribution in [0.25, 0.3) is 0 Å². The molecule has 0 aromatic carbocycles. The van der Waals surface area contributed by atoms with Crippen molar-refractivity contribution in [3.05, 3.63) is 22.3 Å². The van der Waals surface area contributed by atoms with Gasteiger partial charge in [0.15, 0.2) is 0 Å². The number of nitrogens with zero attached hydrogens (tertiary/aromatic N) is 3. The molecule has 0 spiro atoms. The van der Waals surface area contributed by atoms with E-state index in [1.54, 1.807) is 4.90 Å². The molecule has 0 aliphatic carbocycles. The van der Waals surface area contributed by atoms with Crippen molar-refractivity contribution in [2.75, 3.05) is 31.1 Å². The van der Waals surface area contributed by atoms with Gasteiger partial charge in [-0.1, -0.05) is 0 Å². The predicted octanol–water partition coefficient (Wildman–Crippen LogP) is 2.60. The number of carboxylic acids is 1. The van der Waals surface area contributed by atoms with Crippen LogP contribution in [0.1, 0.15) is 31.1 Å². The number of halogens is 1. The minimum Gasteiger partial charge on any atom is -0.478 e. The first kappa shape index (κ1) is 17.5. The van der Waals surface area contributed by atoms with Crippen LogP contribution >= 0.6 is 15.9 Å². The van der Waals surface area contributed by atoms with Gasteiger partial charge in [0.1, 0.15) is 11.4 Å². The first-order valence-electron chi connectivity index (χ1n) is 7.29. The van der Waals surface area contributed by atoms with Gasteiger partial charge in [0, 0.05) is 32.4 Å². The SMILES string of the molecule is CC(C)(C)OC(=O)N1CCN(c2ncc(C(=O)O)cc2Br)CC1. The molecule has 7 nitrogen and oxygen atoms in total. The van der Waals surface area contributed by atoms with Crippen LogP contribution < -0.4 is 4.90 Å². The second kappa shape index (κ2) is 6.74. The Bertz CT molecular complexity index is 607. The number of hydrogen-bond donors (Lipinski definition) is 1. The summed E-state index contributed by atoms with van der Waals surface area (Å²) in [4.78, 5) is 30.9. The summed E-state index contributed by atoms with van der Waals surface area (Å²) in [5.41, 5.74) is -0.376. The lowest BCUT2D eigenvalue weighted by Gasteiger charge is -2.36. The van der Waals surface area contributed by atoms with Gasteiger partial charge >= 0.3 is 12.1 Å². The van der Waals surface area contributed by atoms with Crippen LogP contribution in [-0.2, 0) is 4.74 Å². The molecule has 1 aromatic rings. The fourth-order valence-electron chi connectivity index (χ4n) is 2.21. The molecule has 0 atom stereocenters. The van der Waals surface area contributed by atoms with Crippen molar-refractivity contribution in [2.45, 2.75) is 26.4 Å². The van der Waals surface area contributed by atoms with E-state index in [1.807, 2.05) is 25.7 Å². The van der Waals surface area contributed by atoms with E-state index in [-0.39, 0.29) is 11.7 Å². The Balaban J connectivity index is 1.99. The van der Waals surface area contributed by atoms with Gasteiger partial charge in [0.05, 0.1) is 10.0 Å². The minimum atomic E-state index is -1.01. The average Bonchev–Trinajstić information content (AvgIpc) is 2.45. The lowest BCUT2D eigenvalue weighted by molar-refractivity contribution is 0.0240. The molecule has 1 amide bonds. The van der Waals surface area contributed by atoms with Gasteiger partial charge in [-0.25, -0.2) is 14.6 Å². The van der Waals surface area contributed by atoms with Crippen LogP contribution in [0.3, 0.4) is 0 Å². The van der Waals surface area contributed by atoms with Gasteiger partial charge in [0.25, 0.3) is 0 Å². The zero-order valence-electron chi connectivity index (χ0n) is 13.4. The molecule has 23 heavy (non-hydrogen) atoms. The molecule has 1 fully saturated rings. The number of rotatable bonds is 2. The zero-order chi connectivity index (χ0) is 17.2. The maximum Gasteiger partial charge on any atom is 0.410 e. The number of aromatic nitrogens is 1. The van der Waals surface area contributed by atoms with E-state index in [2.05, 4.69) is 20.9 Å². The van der Waals surface area contributed by atoms with E-state index in [0.29, 0.717) is 36.5 Å². The standard InChI is InChI=1S/C15H20BrN3O4/c1-15(2,3)23-14(22)19-6-4-18(5-7-19)12-11(16)8-10(9-17-12)13(20)21/h8-9H,4-7H2,1-3H3,(H,20,21). The Morgan fingerprint density at radius 2 is 1.87 bits per heavy atom. The predicted molar refractivity (Wildman–Crippen MR) is 88.9 cm³/mol. The Labute approximate surface area is 143 Å². The third kappa shape index (κ3) is 4.57. The smallest absolute Gasteiger partial charge is 0.410 e. The van der Waals surface area contributed by atoms with Crippen molar-refractivity contribution in [3.63, 3.8) is 0 Å². The van der Waals surface area contributed by atoms with Gasteiger partial charge in [-0.3, -0.25) is 0 Å². The largest absolute Gasteiger partial charge is 0.478 e. The van der Waals surface area contributed by atoms with E-state index in [9.17, 15) is 9.59 Å². The molecule has 1 saturated heterocycles. The lowest BCUT2D eigenvalue weighted by atomic mass is 10.2. The van der Waals surface area contributed by atoms with Crippen molar-refractivity contribution in [1.29, 1.82) is 0 Å². The minimum absolute atomic E-state index is 0.132. The second-order valence-corrected chi connectivity index (χ2v) is 7.14. The highest BCUT2D eigenvalue weighted by atomic mass is 79.9. The number of amides is 1. The summed E-state index contributed by atoms with van der Waals surface area (Å²) in [7, 11) is 0. The highest BCUT2D eigenvalue weighted by molar-refractivity contribution is 9.10.